The van der Waals surface area contributed by atoms with Gasteiger partial charge >= 0.3 is 5.97 Å². The average Bonchev–Trinajstić information content (AvgIpc) is 2.79. The van der Waals surface area contributed by atoms with Gasteiger partial charge < -0.3 is 20.5 Å². The van der Waals surface area contributed by atoms with E-state index < -0.39 is 12.1 Å². The van der Waals surface area contributed by atoms with Crippen molar-refractivity contribution in [1.29, 1.82) is 0 Å². The number of carbonyl (C=O) groups is 2. The molecule has 1 aromatic rings. The summed E-state index contributed by atoms with van der Waals surface area (Å²) in [7, 11) is 1.40. The van der Waals surface area contributed by atoms with Crippen LogP contribution in [-0.4, -0.2) is 38.2 Å². The van der Waals surface area contributed by atoms with Crippen molar-refractivity contribution in [2.75, 3.05) is 25.6 Å². The Bertz CT molecular complexity index is 415. The number of esters is 1. The van der Waals surface area contributed by atoms with E-state index in [1.54, 1.807) is 18.4 Å². The van der Waals surface area contributed by atoms with E-state index in [4.69, 9.17) is 15.2 Å². The zero-order valence-electron chi connectivity index (χ0n) is 10.3. The maximum atomic E-state index is 11.7. The van der Waals surface area contributed by atoms with E-state index in [-0.39, 0.29) is 19.1 Å². The van der Waals surface area contributed by atoms with E-state index in [1.165, 1.54) is 18.4 Å². The van der Waals surface area contributed by atoms with Gasteiger partial charge in [-0.15, -0.1) is 11.3 Å². The van der Waals surface area contributed by atoms with Gasteiger partial charge in [-0.1, -0.05) is 0 Å². The van der Waals surface area contributed by atoms with Crippen molar-refractivity contribution in [2.45, 2.75) is 13.0 Å². The number of nitrogens with one attached hydrogen (secondary N) is 1. The third-order valence-corrected chi connectivity index (χ3v) is 3.02. The Kier molecular flexibility index (Phi) is 5.76. The summed E-state index contributed by atoms with van der Waals surface area (Å²) < 4.78 is 9.79. The lowest BCUT2D eigenvalue weighted by Gasteiger charge is -2.12. The smallest absolute Gasteiger partial charge is 0.341 e. The van der Waals surface area contributed by atoms with E-state index >= 15 is 0 Å². The fraction of sp³-hybridized carbons (Fsp3) is 0.455. The van der Waals surface area contributed by atoms with E-state index in [1.807, 2.05) is 0 Å². The second kappa shape index (κ2) is 7.10. The summed E-state index contributed by atoms with van der Waals surface area (Å²) in [6, 6.07) is 1.60. The van der Waals surface area contributed by atoms with Crippen molar-refractivity contribution >= 4 is 28.2 Å². The highest BCUT2D eigenvalue weighted by Crippen LogP contribution is 2.24. The highest BCUT2D eigenvalue weighted by atomic mass is 32.1. The molecule has 100 valence electrons. The van der Waals surface area contributed by atoms with Gasteiger partial charge in [0.25, 0.3) is 5.91 Å². The fourth-order valence-electron chi connectivity index (χ4n) is 1.28. The minimum Gasteiger partial charge on any atom is -0.462 e. The second-order valence-electron chi connectivity index (χ2n) is 3.33. The Balaban J connectivity index is 2.76. The van der Waals surface area contributed by atoms with Crippen LogP contribution in [0.5, 0.6) is 0 Å². The second-order valence-corrected chi connectivity index (χ2v) is 4.25. The lowest BCUT2D eigenvalue weighted by Crippen LogP contribution is -2.36. The van der Waals surface area contributed by atoms with E-state index in [0.717, 1.165) is 0 Å². The van der Waals surface area contributed by atoms with Gasteiger partial charge in [0.2, 0.25) is 0 Å². The zero-order valence-corrected chi connectivity index (χ0v) is 11.1. The standard InChI is InChI=1S/C11H16N2O4S/c1-3-17-11(15)7-4-5-18-10(7)13-9(14)8(6-12)16-2/h4-5,8H,3,6,12H2,1-2H3,(H,13,14). The maximum absolute atomic E-state index is 11.7. The molecule has 0 saturated carbocycles. The fourth-order valence-corrected chi connectivity index (χ4v) is 2.06. The molecule has 1 rings (SSSR count). The summed E-state index contributed by atoms with van der Waals surface area (Å²) in [5, 5.41) is 4.74. The van der Waals surface area contributed by atoms with Crippen LogP contribution < -0.4 is 11.1 Å². The Labute approximate surface area is 109 Å². The topological polar surface area (TPSA) is 90.7 Å². The van der Waals surface area contributed by atoms with Crippen LogP contribution in [0.25, 0.3) is 0 Å². The molecule has 1 heterocycles. The molecule has 0 aliphatic rings. The van der Waals surface area contributed by atoms with Crippen molar-refractivity contribution in [3.8, 4) is 0 Å². The van der Waals surface area contributed by atoms with Crippen molar-refractivity contribution < 1.29 is 19.1 Å². The van der Waals surface area contributed by atoms with Crippen LogP contribution >= 0.6 is 11.3 Å². The van der Waals surface area contributed by atoms with Crippen LogP contribution in [0.3, 0.4) is 0 Å². The van der Waals surface area contributed by atoms with Gasteiger partial charge in [-0.25, -0.2) is 4.79 Å². The first-order valence-corrected chi connectivity index (χ1v) is 6.30. The van der Waals surface area contributed by atoms with Gasteiger partial charge in [0.15, 0.2) is 0 Å². The number of hydrogen-bond acceptors (Lipinski definition) is 6. The molecule has 1 amide bonds. The van der Waals surface area contributed by atoms with Gasteiger partial charge in [-0.05, 0) is 18.4 Å². The summed E-state index contributed by atoms with van der Waals surface area (Å²) in [6.07, 6.45) is -0.734. The quantitative estimate of drug-likeness (QED) is 0.749. The number of rotatable bonds is 6. The first-order chi connectivity index (χ1) is 8.63. The maximum Gasteiger partial charge on any atom is 0.341 e. The highest BCUT2D eigenvalue weighted by Gasteiger charge is 2.20. The number of methoxy groups -OCH3 is 1. The van der Waals surface area contributed by atoms with Crippen molar-refractivity contribution in [2.24, 2.45) is 5.73 Å². The van der Waals surface area contributed by atoms with Crippen LogP contribution in [-0.2, 0) is 14.3 Å². The first kappa shape index (κ1) is 14.6. The third kappa shape index (κ3) is 3.52. The molecule has 0 radical (unpaired) electrons. The van der Waals surface area contributed by atoms with Crippen molar-refractivity contribution in [3.63, 3.8) is 0 Å². The predicted octanol–water partition coefficient (Wildman–Crippen LogP) is 0.837. The highest BCUT2D eigenvalue weighted by molar-refractivity contribution is 7.14. The van der Waals surface area contributed by atoms with Gasteiger partial charge in [0.05, 0.1) is 12.2 Å². The van der Waals surface area contributed by atoms with Gasteiger partial charge in [-0.3, -0.25) is 4.79 Å². The summed E-state index contributed by atoms with van der Waals surface area (Å²) in [6.45, 7) is 2.08. The van der Waals surface area contributed by atoms with Crippen LogP contribution in [0.4, 0.5) is 5.00 Å². The molecule has 1 unspecified atom stereocenters. The van der Waals surface area contributed by atoms with Crippen LogP contribution in [0.2, 0.25) is 0 Å². The van der Waals surface area contributed by atoms with E-state index in [9.17, 15) is 9.59 Å². The van der Waals surface area contributed by atoms with E-state index in [0.29, 0.717) is 10.6 Å². The molecular weight excluding hydrogens is 256 g/mol. The van der Waals surface area contributed by atoms with Gasteiger partial charge in [0.1, 0.15) is 11.1 Å². The third-order valence-electron chi connectivity index (χ3n) is 2.19. The molecule has 1 atom stereocenters. The number of thiophene rings is 1. The molecule has 18 heavy (non-hydrogen) atoms. The number of ether oxygens (including phenoxy) is 2. The molecule has 6 nitrogen and oxygen atoms in total. The molecule has 0 spiro atoms. The minimum absolute atomic E-state index is 0.0719. The number of carbonyl (C=O) groups excluding carboxylic acids is 2. The molecule has 0 aromatic carbocycles. The molecule has 0 bridgehead atoms. The lowest BCUT2D eigenvalue weighted by atomic mass is 10.3. The number of anilines is 1. The molecule has 0 aliphatic heterocycles. The van der Waals surface area contributed by atoms with Gasteiger partial charge in [-0.2, -0.15) is 0 Å². The largest absolute Gasteiger partial charge is 0.462 e. The van der Waals surface area contributed by atoms with E-state index in [2.05, 4.69) is 5.32 Å². The SMILES string of the molecule is CCOC(=O)c1ccsc1NC(=O)C(CN)OC. The normalized spacial score (nSPS) is 11.9. The monoisotopic (exact) mass is 272 g/mol. The Morgan fingerprint density at radius 2 is 2.28 bits per heavy atom. The first-order valence-electron chi connectivity index (χ1n) is 5.42. The minimum atomic E-state index is -0.734. The Morgan fingerprint density at radius 1 is 1.56 bits per heavy atom. The predicted molar refractivity (Wildman–Crippen MR) is 68.8 cm³/mol. The van der Waals surface area contributed by atoms with Crippen molar-refractivity contribution in [1.82, 2.24) is 0 Å². The van der Waals surface area contributed by atoms with Crippen molar-refractivity contribution in [3.05, 3.63) is 17.0 Å². The summed E-state index contributed by atoms with van der Waals surface area (Å²) in [5.41, 5.74) is 5.72. The Hall–Kier alpha value is -1.44. The summed E-state index contributed by atoms with van der Waals surface area (Å²) in [4.78, 5) is 23.3. The zero-order chi connectivity index (χ0) is 13.5. The Morgan fingerprint density at radius 3 is 2.83 bits per heavy atom. The van der Waals surface area contributed by atoms with Crippen LogP contribution in [0, 0.1) is 0 Å². The average molecular weight is 272 g/mol. The molecule has 0 aliphatic carbocycles. The van der Waals surface area contributed by atoms with Crippen LogP contribution in [0.15, 0.2) is 11.4 Å². The number of amides is 1. The molecule has 7 heteroatoms. The van der Waals surface area contributed by atoms with Crippen LogP contribution in [0.1, 0.15) is 17.3 Å². The molecule has 0 saturated heterocycles. The number of nitrogens with two attached hydrogens (primary N) is 1. The molecule has 0 fully saturated rings. The summed E-state index contributed by atoms with van der Waals surface area (Å²) >= 11 is 1.24. The molecular formula is C11H16N2O4S. The molecule has 3 N–H and O–H groups in total. The molecule has 1 aromatic heterocycles. The lowest BCUT2D eigenvalue weighted by molar-refractivity contribution is -0.125. The van der Waals surface area contributed by atoms with Gasteiger partial charge in [0, 0.05) is 13.7 Å². The number of hydrogen-bond donors (Lipinski definition) is 2. The summed E-state index contributed by atoms with van der Waals surface area (Å²) in [5.74, 6) is -0.844.